The number of benzene rings is 2. The number of carbonyl (C=O) groups excluding carboxylic acids is 1. The molecular formula is C21H23N3O5S. The molecule has 0 saturated carbocycles. The summed E-state index contributed by atoms with van der Waals surface area (Å²) in [5.74, 6) is 3.46. The van der Waals surface area contributed by atoms with Crippen molar-refractivity contribution in [3.8, 4) is 28.6 Å². The Hall–Kier alpha value is -3.20. The third-order valence-electron chi connectivity index (χ3n) is 4.02. The maximum Gasteiger partial charge on any atom is 0.236 e. The van der Waals surface area contributed by atoms with Crippen LogP contribution in [0.2, 0.25) is 0 Å². The minimum absolute atomic E-state index is 0.108. The molecule has 8 nitrogen and oxygen atoms in total. The van der Waals surface area contributed by atoms with E-state index in [4.69, 9.17) is 18.7 Å². The van der Waals surface area contributed by atoms with E-state index in [1.807, 2.05) is 25.1 Å². The Kier molecular flexibility index (Phi) is 7.56. The lowest BCUT2D eigenvalue weighted by Crippen LogP contribution is -2.14. The molecule has 1 heterocycles. The molecule has 0 spiro atoms. The molecule has 0 atom stereocenters. The highest BCUT2D eigenvalue weighted by Gasteiger charge is 2.13. The van der Waals surface area contributed by atoms with Gasteiger partial charge in [0.25, 0.3) is 0 Å². The van der Waals surface area contributed by atoms with Gasteiger partial charge >= 0.3 is 0 Å². The Morgan fingerprint density at radius 1 is 1.10 bits per heavy atom. The normalized spacial score (nSPS) is 10.5. The van der Waals surface area contributed by atoms with Crippen molar-refractivity contribution in [3.63, 3.8) is 0 Å². The quantitative estimate of drug-likeness (QED) is 0.516. The molecule has 0 radical (unpaired) electrons. The molecule has 0 unspecified atom stereocenters. The number of thioether (sulfide) groups is 1. The largest absolute Gasteiger partial charge is 0.494 e. The van der Waals surface area contributed by atoms with Gasteiger partial charge in [0.1, 0.15) is 5.75 Å². The average molecular weight is 429 g/mol. The van der Waals surface area contributed by atoms with Gasteiger partial charge < -0.3 is 24.1 Å². The van der Waals surface area contributed by atoms with Gasteiger partial charge in [0.05, 0.1) is 32.3 Å². The van der Waals surface area contributed by atoms with Crippen molar-refractivity contribution in [2.24, 2.45) is 0 Å². The average Bonchev–Trinajstić information content (AvgIpc) is 3.23. The molecule has 3 rings (SSSR count). The summed E-state index contributed by atoms with van der Waals surface area (Å²) in [5, 5.41) is 6.84. The van der Waals surface area contributed by atoms with E-state index in [0.29, 0.717) is 35.6 Å². The molecule has 0 aliphatic carbocycles. The number of methoxy groups -OCH3 is 2. The summed E-state index contributed by atoms with van der Waals surface area (Å²) in [6.45, 7) is 2.53. The molecule has 1 aromatic heterocycles. The molecule has 0 fully saturated rings. The van der Waals surface area contributed by atoms with Crippen LogP contribution in [0.25, 0.3) is 11.4 Å². The number of hydrogen-bond acceptors (Lipinski definition) is 8. The van der Waals surface area contributed by atoms with Crippen LogP contribution >= 0.6 is 11.8 Å². The number of nitrogens with zero attached hydrogens (tertiary/aromatic N) is 2. The predicted octanol–water partition coefficient (Wildman–Crippen LogP) is 4.02. The molecular weight excluding hydrogens is 406 g/mol. The number of ether oxygens (including phenoxy) is 3. The predicted molar refractivity (Wildman–Crippen MR) is 115 cm³/mol. The van der Waals surface area contributed by atoms with Crippen LogP contribution in [-0.4, -0.2) is 42.6 Å². The third kappa shape index (κ3) is 5.66. The van der Waals surface area contributed by atoms with Gasteiger partial charge in [-0.15, -0.1) is 11.8 Å². The first-order valence-electron chi connectivity index (χ1n) is 9.28. The van der Waals surface area contributed by atoms with Gasteiger partial charge in [-0.25, -0.2) is 0 Å². The number of anilines is 1. The number of hydrogen-bond donors (Lipinski definition) is 1. The van der Waals surface area contributed by atoms with Gasteiger partial charge in [-0.2, -0.15) is 4.98 Å². The van der Waals surface area contributed by atoms with E-state index in [1.165, 1.54) is 11.8 Å². The fourth-order valence-electron chi connectivity index (χ4n) is 2.64. The van der Waals surface area contributed by atoms with E-state index in [1.54, 1.807) is 38.5 Å². The van der Waals surface area contributed by atoms with Gasteiger partial charge in [-0.3, -0.25) is 4.79 Å². The highest BCUT2D eigenvalue weighted by molar-refractivity contribution is 7.99. The Bertz CT molecular complexity index is 975. The van der Waals surface area contributed by atoms with Crippen LogP contribution in [0.5, 0.6) is 17.2 Å². The van der Waals surface area contributed by atoms with Crippen LogP contribution in [0.15, 0.2) is 47.0 Å². The van der Waals surface area contributed by atoms with Gasteiger partial charge in [0, 0.05) is 11.3 Å². The van der Waals surface area contributed by atoms with Gasteiger partial charge in [0.15, 0.2) is 11.5 Å². The molecule has 1 amide bonds. The maximum absolute atomic E-state index is 12.1. The van der Waals surface area contributed by atoms with Crippen molar-refractivity contribution in [2.45, 2.75) is 12.7 Å². The van der Waals surface area contributed by atoms with E-state index < -0.39 is 0 Å². The maximum atomic E-state index is 12.1. The Morgan fingerprint density at radius 3 is 2.57 bits per heavy atom. The highest BCUT2D eigenvalue weighted by Crippen LogP contribution is 2.31. The van der Waals surface area contributed by atoms with Crippen LogP contribution in [-0.2, 0) is 10.5 Å². The van der Waals surface area contributed by atoms with Crippen LogP contribution in [0.3, 0.4) is 0 Å². The summed E-state index contributed by atoms with van der Waals surface area (Å²) >= 11 is 1.39. The molecule has 0 saturated heterocycles. The van der Waals surface area contributed by atoms with E-state index in [-0.39, 0.29) is 11.7 Å². The Morgan fingerprint density at radius 2 is 1.87 bits per heavy atom. The summed E-state index contributed by atoms with van der Waals surface area (Å²) in [4.78, 5) is 16.5. The van der Waals surface area contributed by atoms with Crippen LogP contribution in [0, 0.1) is 0 Å². The zero-order valence-electron chi connectivity index (χ0n) is 17.0. The van der Waals surface area contributed by atoms with Crippen molar-refractivity contribution in [1.29, 1.82) is 0 Å². The smallest absolute Gasteiger partial charge is 0.236 e. The fourth-order valence-corrected chi connectivity index (χ4v) is 3.29. The first-order chi connectivity index (χ1) is 14.6. The van der Waals surface area contributed by atoms with E-state index in [9.17, 15) is 4.79 Å². The topological polar surface area (TPSA) is 95.7 Å². The third-order valence-corrected chi connectivity index (χ3v) is 4.93. The monoisotopic (exact) mass is 429 g/mol. The second-order valence-corrected chi connectivity index (χ2v) is 7.07. The number of nitrogens with one attached hydrogen (secondary N) is 1. The Balaban J connectivity index is 1.50. The summed E-state index contributed by atoms with van der Waals surface area (Å²) in [7, 11) is 3.14. The molecule has 3 aromatic rings. The fraction of sp³-hybridized carbons (Fsp3) is 0.286. The number of amides is 1. The number of aromatic nitrogens is 2. The van der Waals surface area contributed by atoms with Crippen molar-refractivity contribution >= 4 is 23.4 Å². The molecule has 1 N–H and O–H groups in total. The van der Waals surface area contributed by atoms with E-state index >= 15 is 0 Å². The summed E-state index contributed by atoms with van der Waals surface area (Å²) < 4.78 is 21.2. The van der Waals surface area contributed by atoms with Crippen LogP contribution in [0.1, 0.15) is 12.8 Å². The first-order valence-corrected chi connectivity index (χ1v) is 10.4. The standard InChI is InChI=1S/C21H23N3O5S/c1-4-28-16-8-6-15(7-9-16)22-19(25)12-30-13-20-23-21(24-29-20)14-5-10-17(26-2)18(11-14)27-3/h5-11H,4,12-13H2,1-3H3,(H,22,25). The molecule has 30 heavy (non-hydrogen) atoms. The highest BCUT2D eigenvalue weighted by atomic mass is 32.2. The zero-order valence-corrected chi connectivity index (χ0v) is 17.8. The van der Waals surface area contributed by atoms with Gasteiger partial charge in [-0.05, 0) is 49.4 Å². The minimum Gasteiger partial charge on any atom is -0.494 e. The second kappa shape index (κ2) is 10.5. The zero-order chi connectivity index (χ0) is 21.3. The molecule has 9 heteroatoms. The lowest BCUT2D eigenvalue weighted by molar-refractivity contribution is -0.113. The SMILES string of the molecule is CCOc1ccc(NC(=O)CSCc2nc(-c3ccc(OC)c(OC)c3)no2)cc1. The molecule has 2 aromatic carbocycles. The van der Waals surface area contributed by atoms with Crippen LogP contribution in [0.4, 0.5) is 5.69 Å². The summed E-state index contributed by atoms with van der Waals surface area (Å²) in [6.07, 6.45) is 0. The van der Waals surface area contributed by atoms with Crippen molar-refractivity contribution in [3.05, 3.63) is 48.4 Å². The summed E-state index contributed by atoms with van der Waals surface area (Å²) in [6, 6.07) is 12.6. The number of rotatable bonds is 10. The van der Waals surface area contributed by atoms with E-state index in [2.05, 4.69) is 15.5 Å². The van der Waals surface area contributed by atoms with E-state index in [0.717, 1.165) is 17.0 Å². The lowest BCUT2D eigenvalue weighted by Gasteiger charge is -2.07. The van der Waals surface area contributed by atoms with Gasteiger partial charge in [0.2, 0.25) is 17.6 Å². The second-order valence-electron chi connectivity index (χ2n) is 6.08. The molecule has 0 bridgehead atoms. The van der Waals surface area contributed by atoms with Crippen molar-refractivity contribution < 1.29 is 23.5 Å². The Labute approximate surface area is 178 Å². The molecule has 0 aliphatic rings. The van der Waals surface area contributed by atoms with Crippen LogP contribution < -0.4 is 19.5 Å². The number of carbonyl (C=O) groups is 1. The van der Waals surface area contributed by atoms with Gasteiger partial charge in [-0.1, -0.05) is 5.16 Å². The molecule has 158 valence electrons. The molecule has 0 aliphatic heterocycles. The minimum atomic E-state index is -0.108. The van der Waals surface area contributed by atoms with Crippen molar-refractivity contribution in [1.82, 2.24) is 10.1 Å². The first kappa shape index (κ1) is 21.5. The summed E-state index contributed by atoms with van der Waals surface area (Å²) in [5.41, 5.74) is 1.47. The van der Waals surface area contributed by atoms with Crippen molar-refractivity contribution in [2.75, 3.05) is 31.9 Å². The lowest BCUT2D eigenvalue weighted by atomic mass is 10.2.